The van der Waals surface area contributed by atoms with E-state index < -0.39 is 10.0 Å². The average molecular weight is 365 g/mol. The second-order valence-corrected chi connectivity index (χ2v) is 9.33. The third-order valence-electron chi connectivity index (χ3n) is 5.47. The van der Waals surface area contributed by atoms with E-state index in [9.17, 15) is 13.2 Å². The molecule has 0 spiro atoms. The highest BCUT2D eigenvalue weighted by Gasteiger charge is 2.39. The molecule has 2 aliphatic carbocycles. The number of nitrogens with one attached hydrogen (secondary N) is 2. The number of carbonyl (C=O) groups is 1. The summed E-state index contributed by atoms with van der Waals surface area (Å²) in [5.41, 5.74) is 7.85. The molecule has 7 heteroatoms. The van der Waals surface area contributed by atoms with Crippen molar-refractivity contribution in [2.24, 2.45) is 17.6 Å². The van der Waals surface area contributed by atoms with Crippen molar-refractivity contribution in [2.45, 2.75) is 51.1 Å². The van der Waals surface area contributed by atoms with Gasteiger partial charge in [-0.05, 0) is 62.1 Å². The Morgan fingerprint density at radius 3 is 2.44 bits per heavy atom. The van der Waals surface area contributed by atoms with Gasteiger partial charge in [-0.15, -0.1) is 0 Å². The number of hydrogen-bond acceptors (Lipinski definition) is 4. The van der Waals surface area contributed by atoms with E-state index in [2.05, 4.69) is 10.0 Å². The molecule has 1 amide bonds. The Hall–Kier alpha value is -1.60. The molecule has 2 aliphatic rings. The number of rotatable bonds is 4. The van der Waals surface area contributed by atoms with Gasteiger partial charge in [0.05, 0.1) is 11.9 Å². The van der Waals surface area contributed by atoms with Gasteiger partial charge in [-0.1, -0.05) is 12.5 Å². The fraction of sp³-hybridized carbons (Fsp3) is 0.611. The predicted octanol–water partition coefficient (Wildman–Crippen LogP) is 2.00. The molecule has 2 unspecified atom stereocenters. The number of benzene rings is 1. The fourth-order valence-electron chi connectivity index (χ4n) is 4.33. The maximum atomic E-state index is 12.7. The summed E-state index contributed by atoms with van der Waals surface area (Å²) >= 11 is 0. The van der Waals surface area contributed by atoms with Crippen molar-refractivity contribution in [1.29, 1.82) is 0 Å². The smallest absolute Gasteiger partial charge is 0.251 e. The minimum atomic E-state index is -3.38. The van der Waals surface area contributed by atoms with Gasteiger partial charge in [-0.25, -0.2) is 8.42 Å². The molecule has 4 N–H and O–H groups in total. The zero-order chi connectivity index (χ0) is 18.2. The van der Waals surface area contributed by atoms with Gasteiger partial charge >= 0.3 is 0 Å². The van der Waals surface area contributed by atoms with Crippen LogP contribution in [-0.4, -0.2) is 32.7 Å². The van der Waals surface area contributed by atoms with Gasteiger partial charge in [0.25, 0.3) is 5.91 Å². The summed E-state index contributed by atoms with van der Waals surface area (Å²) in [6.45, 7) is 1.81. The second-order valence-electron chi connectivity index (χ2n) is 7.59. The van der Waals surface area contributed by atoms with E-state index in [0.29, 0.717) is 23.1 Å². The zero-order valence-corrected chi connectivity index (χ0v) is 15.6. The van der Waals surface area contributed by atoms with Crippen LogP contribution in [0.15, 0.2) is 18.2 Å². The number of sulfonamides is 1. The van der Waals surface area contributed by atoms with Crippen molar-refractivity contribution < 1.29 is 13.2 Å². The first-order valence-corrected chi connectivity index (χ1v) is 10.8. The van der Waals surface area contributed by atoms with Gasteiger partial charge in [0.15, 0.2) is 0 Å². The van der Waals surface area contributed by atoms with Crippen LogP contribution in [0, 0.1) is 18.8 Å². The van der Waals surface area contributed by atoms with Gasteiger partial charge in [-0.3, -0.25) is 9.52 Å². The van der Waals surface area contributed by atoms with Crippen molar-refractivity contribution in [1.82, 2.24) is 5.32 Å². The van der Waals surface area contributed by atoms with E-state index in [1.54, 1.807) is 18.2 Å². The number of anilines is 1. The lowest BCUT2D eigenvalue weighted by atomic mass is 9.67. The Balaban J connectivity index is 1.76. The highest BCUT2D eigenvalue weighted by atomic mass is 32.2. The van der Waals surface area contributed by atoms with Crippen molar-refractivity contribution in [2.75, 3.05) is 11.0 Å². The summed E-state index contributed by atoms with van der Waals surface area (Å²) in [5.74, 6) is 0.755. The third-order valence-corrected chi connectivity index (χ3v) is 6.06. The van der Waals surface area contributed by atoms with Gasteiger partial charge in [0.1, 0.15) is 0 Å². The predicted molar refractivity (Wildman–Crippen MR) is 98.9 cm³/mol. The fourth-order valence-corrected chi connectivity index (χ4v) is 4.95. The lowest BCUT2D eigenvalue weighted by Crippen LogP contribution is -2.53. The molecular weight excluding hydrogens is 338 g/mol. The summed E-state index contributed by atoms with van der Waals surface area (Å²) < 4.78 is 25.5. The van der Waals surface area contributed by atoms with Crippen molar-refractivity contribution in [3.8, 4) is 0 Å². The zero-order valence-electron chi connectivity index (χ0n) is 14.8. The van der Waals surface area contributed by atoms with Crippen LogP contribution >= 0.6 is 0 Å². The van der Waals surface area contributed by atoms with E-state index in [0.717, 1.165) is 37.5 Å². The normalized spacial score (nSPS) is 29.1. The lowest BCUT2D eigenvalue weighted by molar-refractivity contribution is 0.0756. The molecule has 1 aromatic rings. The Morgan fingerprint density at radius 1 is 1.20 bits per heavy atom. The number of amides is 1. The molecule has 2 fully saturated rings. The number of hydrogen-bond donors (Lipinski definition) is 3. The largest absolute Gasteiger partial charge is 0.349 e. The quantitative estimate of drug-likeness (QED) is 0.759. The van der Waals surface area contributed by atoms with Crippen LogP contribution < -0.4 is 15.8 Å². The molecule has 2 bridgehead atoms. The summed E-state index contributed by atoms with van der Waals surface area (Å²) in [6, 6.07) is 5.53. The van der Waals surface area contributed by atoms with Crippen molar-refractivity contribution in [3.05, 3.63) is 29.3 Å². The summed E-state index contributed by atoms with van der Waals surface area (Å²) in [7, 11) is -3.38. The maximum Gasteiger partial charge on any atom is 0.251 e. The summed E-state index contributed by atoms with van der Waals surface area (Å²) in [6.07, 6.45) is 6.48. The van der Waals surface area contributed by atoms with Crippen molar-refractivity contribution in [3.63, 3.8) is 0 Å². The molecule has 1 aromatic carbocycles. The first-order valence-electron chi connectivity index (χ1n) is 8.88. The van der Waals surface area contributed by atoms with Crippen LogP contribution in [0.1, 0.15) is 48.0 Å². The minimum absolute atomic E-state index is 0.145. The summed E-state index contributed by atoms with van der Waals surface area (Å²) in [4.78, 5) is 12.7. The van der Waals surface area contributed by atoms with E-state index in [4.69, 9.17) is 5.73 Å². The first-order chi connectivity index (χ1) is 11.7. The molecule has 0 radical (unpaired) electrons. The van der Waals surface area contributed by atoms with Crippen molar-refractivity contribution >= 4 is 21.6 Å². The lowest BCUT2D eigenvalue weighted by Gasteiger charge is -2.45. The Kier molecular flexibility index (Phi) is 5.06. The highest BCUT2D eigenvalue weighted by molar-refractivity contribution is 7.92. The molecule has 0 saturated heterocycles. The van der Waals surface area contributed by atoms with E-state index in [-0.39, 0.29) is 18.0 Å². The van der Waals surface area contributed by atoms with Crippen LogP contribution in [0.5, 0.6) is 0 Å². The second kappa shape index (κ2) is 6.96. The number of carbonyl (C=O) groups excluding carboxylic acids is 1. The van der Waals surface area contributed by atoms with E-state index in [1.165, 1.54) is 6.42 Å². The molecule has 0 heterocycles. The Bertz CT molecular complexity index is 749. The minimum Gasteiger partial charge on any atom is -0.349 e. The monoisotopic (exact) mass is 365 g/mol. The maximum absolute atomic E-state index is 12.7. The molecule has 138 valence electrons. The van der Waals surface area contributed by atoms with Crippen LogP contribution in [0.4, 0.5) is 5.69 Å². The Morgan fingerprint density at radius 2 is 1.84 bits per heavy atom. The highest BCUT2D eigenvalue weighted by Crippen LogP contribution is 2.39. The molecular formula is C18H27N3O3S. The molecule has 3 rings (SSSR count). The molecule has 25 heavy (non-hydrogen) atoms. The molecule has 2 atom stereocenters. The van der Waals surface area contributed by atoms with E-state index >= 15 is 0 Å². The van der Waals surface area contributed by atoms with Crippen LogP contribution in [-0.2, 0) is 10.0 Å². The topological polar surface area (TPSA) is 101 Å². The molecule has 0 aliphatic heterocycles. The third kappa shape index (κ3) is 4.33. The summed E-state index contributed by atoms with van der Waals surface area (Å²) in [5, 5.41) is 3.20. The average Bonchev–Trinajstić information content (AvgIpc) is 2.49. The standard InChI is InChI=1S/C18H27N3O3S/c1-11-6-7-14(10-16(11)21-25(2,23)24)18(22)20-17-12-4-3-5-13(17)9-15(19)8-12/h6-7,10,12-13,15,17,21H,3-5,8-9,19H2,1-2H3,(H,20,22). The van der Waals surface area contributed by atoms with Crippen LogP contribution in [0.3, 0.4) is 0 Å². The Labute approximate surface area is 149 Å². The first kappa shape index (κ1) is 18.2. The SMILES string of the molecule is Cc1ccc(C(=O)NC2C3CCCC2CC(N)C3)cc1NS(C)(=O)=O. The van der Waals surface area contributed by atoms with Crippen LogP contribution in [0.2, 0.25) is 0 Å². The van der Waals surface area contributed by atoms with E-state index in [1.807, 2.05) is 6.92 Å². The molecule has 6 nitrogen and oxygen atoms in total. The van der Waals surface area contributed by atoms with Gasteiger partial charge in [-0.2, -0.15) is 0 Å². The van der Waals surface area contributed by atoms with Gasteiger partial charge in [0.2, 0.25) is 10.0 Å². The molecule has 2 saturated carbocycles. The number of aryl methyl sites for hydroxylation is 1. The number of fused-ring (bicyclic) bond motifs is 2. The van der Waals surface area contributed by atoms with Crippen LogP contribution in [0.25, 0.3) is 0 Å². The number of nitrogens with two attached hydrogens (primary N) is 1. The van der Waals surface area contributed by atoms with Gasteiger partial charge < -0.3 is 11.1 Å². The molecule has 0 aromatic heterocycles. The van der Waals surface area contributed by atoms with Gasteiger partial charge in [0, 0.05) is 17.6 Å².